The van der Waals surface area contributed by atoms with Crippen molar-refractivity contribution in [2.24, 2.45) is 7.05 Å². The first-order valence-corrected chi connectivity index (χ1v) is 11.2. The lowest BCUT2D eigenvalue weighted by Crippen LogP contribution is -2.28. The Hall–Kier alpha value is -4.71. The molecule has 35 heavy (non-hydrogen) atoms. The van der Waals surface area contributed by atoms with E-state index in [0.29, 0.717) is 22.0 Å². The molecule has 1 heterocycles. The van der Waals surface area contributed by atoms with E-state index in [4.69, 9.17) is 4.74 Å². The highest BCUT2D eigenvalue weighted by Gasteiger charge is 2.23. The van der Waals surface area contributed by atoms with Gasteiger partial charge in [0.15, 0.2) is 6.61 Å². The molecule has 172 valence electrons. The number of nitrogens with zero attached hydrogens (tertiary/aromatic N) is 1. The van der Waals surface area contributed by atoms with Crippen molar-refractivity contribution in [3.8, 4) is 11.1 Å². The molecule has 4 aromatic carbocycles. The normalized spacial score (nSPS) is 10.9. The lowest BCUT2D eigenvalue weighted by molar-refractivity contribution is -0.119. The van der Waals surface area contributed by atoms with Crippen molar-refractivity contribution in [2.45, 2.75) is 0 Å². The zero-order chi connectivity index (χ0) is 24.4. The molecule has 5 rings (SSSR count). The largest absolute Gasteiger partial charge is 0.451 e. The maximum Gasteiger partial charge on any atom is 0.356 e. The van der Waals surface area contributed by atoms with Crippen molar-refractivity contribution < 1.29 is 14.3 Å². The summed E-state index contributed by atoms with van der Waals surface area (Å²) in [5, 5.41) is 5.95. The Morgan fingerprint density at radius 2 is 1.46 bits per heavy atom. The summed E-state index contributed by atoms with van der Waals surface area (Å²) in [5.74, 6) is -1.22. The van der Waals surface area contributed by atoms with Gasteiger partial charge < -0.3 is 14.6 Å². The van der Waals surface area contributed by atoms with Crippen LogP contribution in [0.15, 0.2) is 102 Å². The minimum absolute atomic E-state index is 0.0957. The van der Waals surface area contributed by atoms with E-state index in [1.807, 2.05) is 78.9 Å². The molecule has 0 fully saturated rings. The highest BCUT2D eigenvalue weighted by atomic mass is 16.5. The highest BCUT2D eigenvalue weighted by molar-refractivity contribution is 6.07. The fourth-order valence-electron chi connectivity index (χ4n) is 4.26. The van der Waals surface area contributed by atoms with E-state index in [0.717, 1.165) is 16.3 Å². The first-order valence-electron chi connectivity index (χ1n) is 11.2. The maximum absolute atomic E-state index is 13.2. The molecule has 5 aromatic rings. The second kappa shape index (κ2) is 9.27. The number of carbonyl (C=O) groups is 2. The van der Waals surface area contributed by atoms with Crippen LogP contribution in [0.25, 0.3) is 32.7 Å². The second-order valence-corrected chi connectivity index (χ2v) is 8.19. The van der Waals surface area contributed by atoms with E-state index >= 15 is 0 Å². The van der Waals surface area contributed by atoms with Crippen LogP contribution in [0.3, 0.4) is 0 Å². The van der Waals surface area contributed by atoms with Crippen LogP contribution in [-0.2, 0) is 16.6 Å². The number of amides is 1. The van der Waals surface area contributed by atoms with Gasteiger partial charge in [0.05, 0.1) is 0 Å². The zero-order valence-electron chi connectivity index (χ0n) is 19.0. The quantitative estimate of drug-likeness (QED) is 0.366. The molecule has 0 unspecified atom stereocenters. The summed E-state index contributed by atoms with van der Waals surface area (Å²) in [4.78, 5) is 38.8. The molecule has 6 heteroatoms. The standard InChI is InChI=1S/C29H22N2O4/c1-31-27(26(20-10-3-2-4-11-20)23-13-7-8-14-24(23)28(31)33)29(34)35-18-25(32)30-22-16-15-19-9-5-6-12-21(19)17-22/h2-17H,18H2,1H3,(H,30,32). The van der Waals surface area contributed by atoms with Gasteiger partial charge in [0.1, 0.15) is 5.69 Å². The summed E-state index contributed by atoms with van der Waals surface area (Å²) in [7, 11) is 1.53. The monoisotopic (exact) mass is 462 g/mol. The minimum atomic E-state index is -0.747. The highest BCUT2D eigenvalue weighted by Crippen LogP contribution is 2.30. The predicted molar refractivity (Wildman–Crippen MR) is 137 cm³/mol. The molecule has 0 spiro atoms. The zero-order valence-corrected chi connectivity index (χ0v) is 19.0. The number of hydrogen-bond acceptors (Lipinski definition) is 4. The van der Waals surface area contributed by atoms with Crippen molar-refractivity contribution in [3.63, 3.8) is 0 Å². The molecule has 1 amide bonds. The third-order valence-corrected chi connectivity index (χ3v) is 5.93. The lowest BCUT2D eigenvalue weighted by atomic mass is 9.97. The number of fused-ring (bicyclic) bond motifs is 2. The number of ether oxygens (including phenoxy) is 1. The summed E-state index contributed by atoms with van der Waals surface area (Å²) < 4.78 is 6.67. The fraction of sp³-hybridized carbons (Fsp3) is 0.0690. The number of anilines is 1. The molecule has 1 aromatic heterocycles. The molecule has 0 aliphatic carbocycles. The Balaban J connectivity index is 1.44. The van der Waals surface area contributed by atoms with Crippen molar-refractivity contribution in [1.82, 2.24) is 4.57 Å². The van der Waals surface area contributed by atoms with E-state index in [1.165, 1.54) is 11.6 Å². The Kier molecular flexibility index (Phi) is 5.85. The fourth-order valence-corrected chi connectivity index (χ4v) is 4.26. The molecule has 0 radical (unpaired) electrons. The Morgan fingerprint density at radius 1 is 0.800 bits per heavy atom. The molecule has 0 saturated carbocycles. The van der Waals surface area contributed by atoms with Gasteiger partial charge in [-0.25, -0.2) is 4.79 Å². The first-order chi connectivity index (χ1) is 17.0. The Bertz CT molecular complexity index is 1640. The second-order valence-electron chi connectivity index (χ2n) is 8.19. The number of pyridine rings is 1. The van der Waals surface area contributed by atoms with Crippen molar-refractivity contribution in [1.29, 1.82) is 0 Å². The van der Waals surface area contributed by atoms with Gasteiger partial charge in [-0.3, -0.25) is 9.59 Å². The number of esters is 1. The third kappa shape index (κ3) is 4.29. The van der Waals surface area contributed by atoms with Crippen LogP contribution in [0.1, 0.15) is 10.5 Å². The average molecular weight is 463 g/mol. The number of aromatic nitrogens is 1. The van der Waals surface area contributed by atoms with Crippen LogP contribution in [0.4, 0.5) is 5.69 Å². The average Bonchev–Trinajstić information content (AvgIpc) is 2.89. The molecule has 0 aliphatic heterocycles. The summed E-state index contributed by atoms with van der Waals surface area (Å²) in [5.41, 5.74) is 1.74. The van der Waals surface area contributed by atoms with E-state index in [-0.39, 0.29) is 11.3 Å². The van der Waals surface area contributed by atoms with Crippen molar-refractivity contribution in [2.75, 3.05) is 11.9 Å². The number of benzene rings is 4. The third-order valence-electron chi connectivity index (χ3n) is 5.93. The summed E-state index contributed by atoms with van der Waals surface area (Å²) in [6.07, 6.45) is 0. The van der Waals surface area contributed by atoms with E-state index in [9.17, 15) is 14.4 Å². The molecular formula is C29H22N2O4. The molecule has 6 nitrogen and oxygen atoms in total. The van der Waals surface area contributed by atoms with Crippen LogP contribution in [-0.4, -0.2) is 23.1 Å². The van der Waals surface area contributed by atoms with E-state index in [1.54, 1.807) is 18.2 Å². The lowest BCUT2D eigenvalue weighted by Gasteiger charge is -2.16. The van der Waals surface area contributed by atoms with E-state index in [2.05, 4.69) is 5.32 Å². The van der Waals surface area contributed by atoms with Gasteiger partial charge in [0.25, 0.3) is 11.5 Å². The first kappa shape index (κ1) is 22.1. The molecule has 0 saturated heterocycles. The summed E-state index contributed by atoms with van der Waals surface area (Å²) in [6, 6.07) is 29.9. The smallest absolute Gasteiger partial charge is 0.356 e. The van der Waals surface area contributed by atoms with Gasteiger partial charge in [-0.1, -0.05) is 78.9 Å². The number of carbonyl (C=O) groups excluding carboxylic acids is 2. The summed E-state index contributed by atoms with van der Waals surface area (Å²) >= 11 is 0. The Morgan fingerprint density at radius 3 is 2.23 bits per heavy atom. The van der Waals surface area contributed by atoms with Crippen LogP contribution in [0.2, 0.25) is 0 Å². The minimum Gasteiger partial charge on any atom is -0.451 e. The SMILES string of the molecule is Cn1c(C(=O)OCC(=O)Nc2ccc3ccccc3c2)c(-c2ccccc2)c2ccccc2c1=O. The van der Waals surface area contributed by atoms with Crippen molar-refractivity contribution >= 4 is 39.1 Å². The maximum atomic E-state index is 13.2. The molecule has 0 atom stereocenters. The number of rotatable bonds is 5. The topological polar surface area (TPSA) is 77.4 Å². The van der Waals surface area contributed by atoms with E-state index < -0.39 is 18.5 Å². The van der Waals surface area contributed by atoms with Crippen LogP contribution in [0, 0.1) is 0 Å². The van der Waals surface area contributed by atoms with Gasteiger partial charge in [-0.15, -0.1) is 0 Å². The Labute approximate surface area is 201 Å². The van der Waals surface area contributed by atoms with Crippen LogP contribution >= 0.6 is 0 Å². The predicted octanol–water partition coefficient (Wildman–Crippen LogP) is 5.15. The van der Waals surface area contributed by atoms with Crippen LogP contribution < -0.4 is 10.9 Å². The van der Waals surface area contributed by atoms with Gasteiger partial charge in [0, 0.05) is 23.7 Å². The molecule has 1 N–H and O–H groups in total. The number of hydrogen-bond donors (Lipinski definition) is 1. The van der Waals surface area contributed by atoms with Gasteiger partial charge in [0.2, 0.25) is 0 Å². The number of nitrogens with one attached hydrogen (secondary N) is 1. The van der Waals surface area contributed by atoms with Crippen molar-refractivity contribution in [3.05, 3.63) is 113 Å². The molecular weight excluding hydrogens is 440 g/mol. The molecule has 0 aliphatic rings. The van der Waals surface area contributed by atoms with Gasteiger partial charge in [-0.2, -0.15) is 0 Å². The van der Waals surface area contributed by atoms with Gasteiger partial charge in [-0.05, 0) is 39.9 Å². The van der Waals surface area contributed by atoms with Crippen LogP contribution in [0.5, 0.6) is 0 Å². The summed E-state index contributed by atoms with van der Waals surface area (Å²) in [6.45, 7) is -0.485. The molecule has 0 bridgehead atoms. The van der Waals surface area contributed by atoms with Gasteiger partial charge >= 0.3 is 5.97 Å².